The Balaban J connectivity index is 1.44. The van der Waals surface area contributed by atoms with Gasteiger partial charge in [-0.3, -0.25) is 0 Å². The van der Waals surface area contributed by atoms with Gasteiger partial charge in [0.1, 0.15) is 0 Å². The molecule has 2 amide bonds. The third-order valence-electron chi connectivity index (χ3n) is 6.83. The molecule has 4 heteroatoms. The third-order valence-corrected chi connectivity index (χ3v) is 6.83. The van der Waals surface area contributed by atoms with Crippen LogP contribution in [0.3, 0.4) is 0 Å². The molecular weight excluding hydrogens is 252 g/mol. The lowest BCUT2D eigenvalue weighted by Gasteiger charge is -2.59. The molecule has 3 atom stereocenters. The van der Waals surface area contributed by atoms with Crippen LogP contribution in [0.4, 0.5) is 4.79 Å². The van der Waals surface area contributed by atoms with E-state index in [-0.39, 0.29) is 5.60 Å². The summed E-state index contributed by atoms with van der Waals surface area (Å²) in [6, 6.07) is 1.23. The third kappa shape index (κ3) is 1.44. The molecule has 4 saturated carbocycles. The fourth-order valence-electron chi connectivity index (χ4n) is 6.46. The molecule has 0 spiro atoms. The van der Waals surface area contributed by atoms with E-state index in [1.807, 2.05) is 0 Å². The van der Waals surface area contributed by atoms with E-state index >= 15 is 0 Å². The second-order valence-corrected chi connectivity index (χ2v) is 8.11. The first-order chi connectivity index (χ1) is 9.63. The van der Waals surface area contributed by atoms with Crippen LogP contribution in [-0.2, 0) is 0 Å². The molecule has 0 aromatic carbocycles. The smallest absolute Gasteiger partial charge is 0.320 e. The summed E-state index contributed by atoms with van der Waals surface area (Å²) in [6.07, 6.45) is 7.78. The van der Waals surface area contributed by atoms with E-state index in [4.69, 9.17) is 0 Å². The monoisotopic (exact) mass is 276 g/mol. The van der Waals surface area contributed by atoms with Gasteiger partial charge in [-0.25, -0.2) is 4.79 Å². The van der Waals surface area contributed by atoms with Gasteiger partial charge in [0, 0.05) is 19.1 Å². The molecule has 0 aromatic rings. The quantitative estimate of drug-likeness (QED) is 0.794. The predicted molar refractivity (Wildman–Crippen MR) is 74.1 cm³/mol. The molecule has 4 bridgehead atoms. The Morgan fingerprint density at radius 2 is 1.85 bits per heavy atom. The summed E-state index contributed by atoms with van der Waals surface area (Å²) in [5.41, 5.74) is -0.383. The minimum absolute atomic E-state index is 0.303. The van der Waals surface area contributed by atoms with Gasteiger partial charge in [0.25, 0.3) is 0 Å². The van der Waals surface area contributed by atoms with E-state index in [0.717, 1.165) is 38.3 Å². The zero-order valence-electron chi connectivity index (χ0n) is 12.0. The number of carbonyl (C=O) groups excluding carboxylic acids is 1. The molecule has 110 valence electrons. The molecule has 2 saturated heterocycles. The van der Waals surface area contributed by atoms with Crippen LogP contribution >= 0.6 is 0 Å². The summed E-state index contributed by atoms with van der Waals surface area (Å²) >= 11 is 0. The summed E-state index contributed by atoms with van der Waals surface area (Å²) in [5, 5.41) is 10.7. The zero-order valence-corrected chi connectivity index (χ0v) is 12.0. The van der Waals surface area contributed by atoms with Crippen LogP contribution in [0, 0.1) is 17.8 Å². The van der Waals surface area contributed by atoms with Gasteiger partial charge < -0.3 is 14.9 Å². The standard InChI is InChI=1S/C16H24N2O2/c19-15-17-3-1-2-13(17)9-18(15)14-11-4-10-5-12(14)8-16(20,6-10)7-11/h10-14,20H,1-9H2. The van der Waals surface area contributed by atoms with Crippen LogP contribution < -0.4 is 0 Å². The number of nitrogens with zero attached hydrogens (tertiary/aromatic N) is 2. The lowest BCUT2D eigenvalue weighted by Crippen LogP contribution is -2.62. The van der Waals surface area contributed by atoms with E-state index in [2.05, 4.69) is 9.80 Å². The molecule has 2 heterocycles. The molecule has 0 radical (unpaired) electrons. The van der Waals surface area contributed by atoms with Crippen LogP contribution in [0.15, 0.2) is 0 Å². The van der Waals surface area contributed by atoms with Crippen molar-refractivity contribution in [3.05, 3.63) is 0 Å². The van der Waals surface area contributed by atoms with Crippen molar-refractivity contribution in [3.63, 3.8) is 0 Å². The van der Waals surface area contributed by atoms with Crippen molar-refractivity contribution in [1.82, 2.24) is 9.80 Å². The molecule has 1 N–H and O–H groups in total. The van der Waals surface area contributed by atoms with Crippen LogP contribution in [0.1, 0.15) is 44.9 Å². The SMILES string of the molecule is O=C1N2CCCC2CN1C1C2CC3CC1CC(O)(C3)C2. The number of aliphatic hydroxyl groups is 1. The Morgan fingerprint density at radius 3 is 2.50 bits per heavy atom. The van der Waals surface area contributed by atoms with Gasteiger partial charge in [0.05, 0.1) is 11.6 Å². The number of rotatable bonds is 1. The molecule has 6 rings (SSSR count). The number of amides is 2. The highest BCUT2D eigenvalue weighted by Crippen LogP contribution is 2.57. The highest BCUT2D eigenvalue weighted by atomic mass is 16.3. The number of carbonyl (C=O) groups is 1. The Labute approximate surface area is 120 Å². The maximum absolute atomic E-state index is 12.7. The average molecular weight is 276 g/mol. The fraction of sp³-hybridized carbons (Fsp3) is 0.938. The Morgan fingerprint density at radius 1 is 1.10 bits per heavy atom. The fourth-order valence-corrected chi connectivity index (χ4v) is 6.46. The van der Waals surface area contributed by atoms with Gasteiger partial charge in [-0.15, -0.1) is 0 Å². The lowest BCUT2D eigenvalue weighted by atomic mass is 9.52. The van der Waals surface area contributed by atoms with E-state index < -0.39 is 0 Å². The largest absolute Gasteiger partial charge is 0.390 e. The topological polar surface area (TPSA) is 43.8 Å². The summed E-state index contributed by atoms with van der Waals surface area (Å²) in [4.78, 5) is 17.0. The minimum Gasteiger partial charge on any atom is -0.390 e. The first-order valence-electron chi connectivity index (χ1n) is 8.43. The molecular formula is C16H24N2O2. The number of fused-ring (bicyclic) bond motifs is 1. The van der Waals surface area contributed by atoms with Crippen molar-refractivity contribution in [3.8, 4) is 0 Å². The Bertz CT molecular complexity index is 449. The highest BCUT2D eigenvalue weighted by Gasteiger charge is 2.58. The van der Waals surface area contributed by atoms with Crippen molar-refractivity contribution in [1.29, 1.82) is 0 Å². The first-order valence-corrected chi connectivity index (χ1v) is 8.43. The van der Waals surface area contributed by atoms with Gasteiger partial charge in [0.15, 0.2) is 0 Å². The zero-order chi connectivity index (χ0) is 13.5. The molecule has 2 aliphatic heterocycles. The average Bonchev–Trinajstić information content (AvgIpc) is 2.91. The maximum atomic E-state index is 12.7. The van der Waals surface area contributed by atoms with Gasteiger partial charge in [0.2, 0.25) is 0 Å². The molecule has 4 aliphatic carbocycles. The Kier molecular flexibility index (Phi) is 2.19. The summed E-state index contributed by atoms with van der Waals surface area (Å²) in [5.74, 6) is 1.86. The van der Waals surface area contributed by atoms with Crippen molar-refractivity contribution in [2.45, 2.75) is 62.6 Å². The van der Waals surface area contributed by atoms with Gasteiger partial charge in [-0.1, -0.05) is 0 Å². The second-order valence-electron chi connectivity index (χ2n) is 8.11. The summed E-state index contributed by atoms with van der Waals surface area (Å²) in [7, 11) is 0. The van der Waals surface area contributed by atoms with E-state index in [1.165, 1.54) is 25.7 Å². The van der Waals surface area contributed by atoms with E-state index in [0.29, 0.717) is 30.0 Å². The van der Waals surface area contributed by atoms with Crippen LogP contribution in [0.5, 0.6) is 0 Å². The van der Waals surface area contributed by atoms with Gasteiger partial charge in [-0.2, -0.15) is 0 Å². The molecule has 6 fully saturated rings. The second kappa shape index (κ2) is 3.70. The van der Waals surface area contributed by atoms with E-state index in [1.54, 1.807) is 0 Å². The van der Waals surface area contributed by atoms with Crippen LogP contribution in [0.25, 0.3) is 0 Å². The number of hydrogen-bond acceptors (Lipinski definition) is 2. The van der Waals surface area contributed by atoms with Crippen molar-refractivity contribution < 1.29 is 9.90 Å². The van der Waals surface area contributed by atoms with Gasteiger partial charge in [-0.05, 0) is 62.7 Å². The molecule has 20 heavy (non-hydrogen) atoms. The van der Waals surface area contributed by atoms with Gasteiger partial charge >= 0.3 is 6.03 Å². The first kappa shape index (κ1) is 11.8. The molecule has 4 nitrogen and oxygen atoms in total. The normalized spacial score (nSPS) is 53.0. The predicted octanol–water partition coefficient (Wildman–Crippen LogP) is 1.83. The summed E-state index contributed by atoms with van der Waals surface area (Å²) in [6.45, 7) is 1.92. The van der Waals surface area contributed by atoms with Crippen LogP contribution in [-0.4, -0.2) is 51.7 Å². The van der Waals surface area contributed by atoms with Crippen LogP contribution in [0.2, 0.25) is 0 Å². The van der Waals surface area contributed by atoms with Crippen molar-refractivity contribution in [2.75, 3.05) is 13.1 Å². The highest BCUT2D eigenvalue weighted by molar-refractivity contribution is 5.78. The van der Waals surface area contributed by atoms with Crippen molar-refractivity contribution in [2.24, 2.45) is 17.8 Å². The maximum Gasteiger partial charge on any atom is 0.320 e. The lowest BCUT2D eigenvalue weighted by molar-refractivity contribution is -0.152. The number of hydrogen-bond donors (Lipinski definition) is 1. The molecule has 3 unspecified atom stereocenters. The van der Waals surface area contributed by atoms with Crippen molar-refractivity contribution >= 4 is 6.03 Å². The Hall–Kier alpha value is -0.770. The van der Waals surface area contributed by atoms with E-state index in [9.17, 15) is 9.90 Å². The molecule has 0 aromatic heterocycles. The number of urea groups is 1. The minimum atomic E-state index is -0.383. The molecule has 6 aliphatic rings. The summed E-state index contributed by atoms with van der Waals surface area (Å²) < 4.78 is 0.